The zero-order valence-corrected chi connectivity index (χ0v) is 14.1. The smallest absolute Gasteiger partial charge is 0.314 e. The van der Waals surface area contributed by atoms with E-state index in [9.17, 15) is 26.3 Å². The van der Waals surface area contributed by atoms with Crippen molar-refractivity contribution in [3.8, 4) is 0 Å². The molecule has 1 saturated heterocycles. The lowest BCUT2D eigenvalue weighted by Gasteiger charge is -2.36. The molecule has 0 radical (unpaired) electrons. The molecule has 9 heteroatoms. The highest BCUT2D eigenvalue weighted by atomic mass is 19.4. The van der Waals surface area contributed by atoms with Gasteiger partial charge in [-0.05, 0) is 35.4 Å². The summed E-state index contributed by atoms with van der Waals surface area (Å²) < 4.78 is 78.3. The number of nitrogens with one attached hydrogen (secondary N) is 1. The molecule has 1 aromatic heterocycles. The second kappa shape index (κ2) is 7.47. The number of nitrogens with zero attached hydrogens (tertiary/aromatic N) is 2. The Balaban J connectivity index is 1.93. The molecule has 1 aliphatic heterocycles. The highest BCUT2D eigenvalue weighted by Gasteiger charge is 2.37. The summed E-state index contributed by atoms with van der Waals surface area (Å²) in [6.07, 6.45) is -6.44. The first-order chi connectivity index (χ1) is 12.6. The van der Waals surface area contributed by atoms with Crippen LogP contribution in [0.5, 0.6) is 0 Å². The van der Waals surface area contributed by atoms with Crippen molar-refractivity contribution >= 4 is 0 Å². The molecular formula is C18H17F6N3. The number of alkyl halides is 6. The number of pyridine rings is 1. The molecule has 1 aromatic carbocycles. The summed E-state index contributed by atoms with van der Waals surface area (Å²) in [4.78, 5) is 5.91. The lowest BCUT2D eigenvalue weighted by atomic mass is 10.0. The molecule has 1 N–H and O–H groups in total. The minimum atomic E-state index is -4.85. The molecule has 3 rings (SSSR count). The van der Waals surface area contributed by atoms with Crippen molar-refractivity contribution in [2.45, 2.75) is 24.9 Å². The molecule has 27 heavy (non-hydrogen) atoms. The van der Waals surface area contributed by atoms with Crippen LogP contribution < -0.4 is 5.32 Å². The topological polar surface area (TPSA) is 28.2 Å². The van der Waals surface area contributed by atoms with E-state index < -0.39 is 23.5 Å². The highest BCUT2D eigenvalue weighted by molar-refractivity contribution is 5.34. The van der Waals surface area contributed by atoms with Crippen molar-refractivity contribution in [3.63, 3.8) is 0 Å². The van der Waals surface area contributed by atoms with E-state index in [1.807, 2.05) is 11.0 Å². The summed E-state index contributed by atoms with van der Waals surface area (Å²) in [6.45, 7) is 1.62. The van der Waals surface area contributed by atoms with Gasteiger partial charge in [-0.1, -0.05) is 6.07 Å². The predicted molar refractivity (Wildman–Crippen MR) is 86.7 cm³/mol. The number of halogens is 6. The van der Waals surface area contributed by atoms with Gasteiger partial charge in [0.25, 0.3) is 0 Å². The van der Waals surface area contributed by atoms with Gasteiger partial charge < -0.3 is 5.32 Å². The second-order valence-corrected chi connectivity index (χ2v) is 6.39. The minimum absolute atomic E-state index is 0.0196. The van der Waals surface area contributed by atoms with Crippen molar-refractivity contribution in [1.29, 1.82) is 0 Å². The highest BCUT2D eigenvalue weighted by Crippen LogP contribution is 2.37. The maximum Gasteiger partial charge on any atom is 0.416 e. The van der Waals surface area contributed by atoms with E-state index in [2.05, 4.69) is 10.3 Å². The molecule has 0 amide bonds. The third-order valence-electron chi connectivity index (χ3n) is 4.46. The standard InChI is InChI=1S/C18H17F6N3/c19-17(20,21)14-6-12(7-15(8-14)18(22,23)24)11-27-5-4-26-10-16(27)13-2-1-3-25-9-13/h1-3,6-9,16,26H,4-5,10-11H2. The Morgan fingerprint density at radius 2 is 1.70 bits per heavy atom. The van der Waals surface area contributed by atoms with Crippen LogP contribution in [0, 0.1) is 0 Å². The number of aromatic nitrogens is 1. The Labute approximate surface area is 152 Å². The van der Waals surface area contributed by atoms with E-state index in [0.717, 1.165) is 17.7 Å². The third kappa shape index (κ3) is 4.78. The van der Waals surface area contributed by atoms with Gasteiger partial charge >= 0.3 is 12.4 Å². The molecule has 0 saturated carbocycles. The maximum absolute atomic E-state index is 13.1. The first kappa shape index (κ1) is 19.6. The second-order valence-electron chi connectivity index (χ2n) is 6.39. The minimum Gasteiger partial charge on any atom is -0.314 e. The molecule has 3 nitrogen and oxygen atoms in total. The van der Waals surface area contributed by atoms with E-state index in [-0.39, 0.29) is 24.2 Å². The molecule has 2 aromatic rings. The average Bonchev–Trinajstić information content (AvgIpc) is 2.61. The van der Waals surface area contributed by atoms with E-state index in [0.29, 0.717) is 19.6 Å². The van der Waals surface area contributed by atoms with Crippen LogP contribution in [0.15, 0.2) is 42.7 Å². The third-order valence-corrected chi connectivity index (χ3v) is 4.46. The van der Waals surface area contributed by atoms with Crippen LogP contribution in [0.4, 0.5) is 26.3 Å². The van der Waals surface area contributed by atoms with E-state index in [1.54, 1.807) is 18.5 Å². The molecule has 146 valence electrons. The lowest BCUT2D eigenvalue weighted by Crippen LogP contribution is -2.45. The number of hydrogen-bond donors (Lipinski definition) is 1. The summed E-state index contributed by atoms with van der Waals surface area (Å²) in [5.74, 6) is 0. The molecule has 1 atom stereocenters. The van der Waals surface area contributed by atoms with Gasteiger partial charge in [-0.25, -0.2) is 0 Å². The fourth-order valence-electron chi connectivity index (χ4n) is 3.18. The summed E-state index contributed by atoms with van der Waals surface area (Å²) >= 11 is 0. The van der Waals surface area contributed by atoms with Gasteiger partial charge in [-0.2, -0.15) is 26.3 Å². The summed E-state index contributed by atoms with van der Waals surface area (Å²) in [6, 6.07) is 5.13. The van der Waals surface area contributed by atoms with Gasteiger partial charge in [0.15, 0.2) is 0 Å². The zero-order chi connectivity index (χ0) is 19.7. The van der Waals surface area contributed by atoms with Crippen LogP contribution >= 0.6 is 0 Å². The van der Waals surface area contributed by atoms with Crippen LogP contribution in [0.25, 0.3) is 0 Å². The van der Waals surface area contributed by atoms with Gasteiger partial charge in [0.1, 0.15) is 0 Å². The van der Waals surface area contributed by atoms with Gasteiger partial charge in [0.2, 0.25) is 0 Å². The first-order valence-corrected chi connectivity index (χ1v) is 8.27. The Kier molecular flexibility index (Phi) is 5.43. The SMILES string of the molecule is FC(F)(F)c1cc(CN2CCNCC2c2cccnc2)cc(C(F)(F)F)c1. The van der Waals surface area contributed by atoms with Crippen LogP contribution in [0.3, 0.4) is 0 Å². The maximum atomic E-state index is 13.1. The molecule has 2 heterocycles. The number of rotatable bonds is 3. The molecule has 1 fully saturated rings. The van der Waals surface area contributed by atoms with Crippen molar-refractivity contribution < 1.29 is 26.3 Å². The van der Waals surface area contributed by atoms with Crippen molar-refractivity contribution in [2.24, 2.45) is 0 Å². The number of benzene rings is 1. The fourth-order valence-corrected chi connectivity index (χ4v) is 3.18. The number of piperazine rings is 1. The van der Waals surface area contributed by atoms with Crippen LogP contribution in [-0.2, 0) is 18.9 Å². The largest absolute Gasteiger partial charge is 0.416 e. The molecule has 0 aliphatic carbocycles. The van der Waals surface area contributed by atoms with E-state index in [4.69, 9.17) is 0 Å². The Morgan fingerprint density at radius 1 is 1.04 bits per heavy atom. The molecular weight excluding hydrogens is 372 g/mol. The Bertz CT molecular complexity index is 741. The molecule has 1 unspecified atom stereocenters. The lowest BCUT2D eigenvalue weighted by molar-refractivity contribution is -0.143. The van der Waals surface area contributed by atoms with Crippen LogP contribution in [-0.4, -0.2) is 29.5 Å². The summed E-state index contributed by atoms with van der Waals surface area (Å²) in [7, 11) is 0. The summed E-state index contributed by atoms with van der Waals surface area (Å²) in [5, 5.41) is 3.19. The van der Waals surface area contributed by atoms with Crippen LogP contribution in [0.2, 0.25) is 0 Å². The van der Waals surface area contributed by atoms with Crippen molar-refractivity contribution in [3.05, 3.63) is 65.0 Å². The first-order valence-electron chi connectivity index (χ1n) is 8.27. The average molecular weight is 389 g/mol. The van der Waals surface area contributed by atoms with Crippen molar-refractivity contribution in [2.75, 3.05) is 19.6 Å². The molecule has 1 aliphatic rings. The summed E-state index contributed by atoms with van der Waals surface area (Å²) in [5.41, 5.74) is -1.75. The van der Waals surface area contributed by atoms with Gasteiger partial charge in [-0.15, -0.1) is 0 Å². The van der Waals surface area contributed by atoms with Gasteiger partial charge in [-0.3, -0.25) is 9.88 Å². The quantitative estimate of drug-likeness (QED) is 0.795. The fraction of sp³-hybridized carbons (Fsp3) is 0.389. The monoisotopic (exact) mass is 389 g/mol. The normalized spacial score (nSPS) is 19.3. The van der Waals surface area contributed by atoms with E-state index in [1.165, 1.54) is 0 Å². The van der Waals surface area contributed by atoms with E-state index >= 15 is 0 Å². The zero-order valence-electron chi connectivity index (χ0n) is 14.1. The van der Waals surface area contributed by atoms with Gasteiger partial charge in [0.05, 0.1) is 11.1 Å². The van der Waals surface area contributed by atoms with Crippen molar-refractivity contribution in [1.82, 2.24) is 15.2 Å². The number of hydrogen-bond acceptors (Lipinski definition) is 3. The predicted octanol–water partition coefficient (Wildman–Crippen LogP) is 4.27. The Morgan fingerprint density at radius 3 is 2.26 bits per heavy atom. The van der Waals surface area contributed by atoms with Gasteiger partial charge in [0, 0.05) is 44.6 Å². The van der Waals surface area contributed by atoms with Crippen LogP contribution in [0.1, 0.15) is 28.3 Å². The Hall–Kier alpha value is -2.13. The molecule has 0 spiro atoms. The molecule has 0 bridgehead atoms.